The average molecular weight is 297 g/mol. The molecule has 0 saturated carbocycles. The second-order valence-electron chi connectivity index (χ2n) is 4.40. The number of nitrogens with one attached hydrogen (secondary N) is 3. The van der Waals surface area contributed by atoms with Crippen molar-refractivity contribution in [1.29, 1.82) is 0 Å². The Balaban J connectivity index is 1.72. The Kier molecular flexibility index (Phi) is 5.25. The molecule has 1 fully saturated rings. The summed E-state index contributed by atoms with van der Waals surface area (Å²) in [7, 11) is 0. The lowest BCUT2D eigenvalue weighted by Crippen LogP contribution is -2.48. The third kappa shape index (κ3) is 4.14. The largest absolute Gasteiger partial charge is 0.376 e. The second-order valence-corrected chi connectivity index (χ2v) is 4.81. The lowest BCUT2D eigenvalue weighted by molar-refractivity contribution is 0.0939. The Bertz CT molecular complexity index is 492. The fourth-order valence-corrected chi connectivity index (χ4v) is 2.02. The van der Waals surface area contributed by atoms with Gasteiger partial charge in [-0.05, 0) is 37.2 Å². The number of hydrazine groups is 1. The minimum absolute atomic E-state index is 0.0399. The van der Waals surface area contributed by atoms with Gasteiger partial charge >= 0.3 is 0 Å². The van der Waals surface area contributed by atoms with E-state index in [2.05, 4.69) is 16.2 Å². The van der Waals surface area contributed by atoms with Crippen LogP contribution < -0.4 is 16.2 Å². The van der Waals surface area contributed by atoms with Crippen molar-refractivity contribution in [2.24, 2.45) is 0 Å². The third-order valence-electron chi connectivity index (χ3n) is 2.92. The molecule has 1 heterocycles. The number of hydrogen-bond acceptors (Lipinski definition) is 3. The van der Waals surface area contributed by atoms with Crippen LogP contribution in [-0.4, -0.2) is 30.3 Å². The maximum Gasteiger partial charge on any atom is 0.272 e. The maximum absolute atomic E-state index is 13.4. The van der Waals surface area contributed by atoms with Gasteiger partial charge in [-0.1, -0.05) is 12.1 Å². The van der Waals surface area contributed by atoms with E-state index in [1.54, 1.807) is 6.07 Å². The Labute approximate surface area is 121 Å². The highest BCUT2D eigenvalue weighted by Gasteiger charge is 2.15. The van der Waals surface area contributed by atoms with Gasteiger partial charge in [0.05, 0.1) is 11.7 Å². The smallest absolute Gasteiger partial charge is 0.272 e. The Morgan fingerprint density at radius 2 is 2.20 bits per heavy atom. The summed E-state index contributed by atoms with van der Waals surface area (Å²) in [5.41, 5.74) is 4.83. The van der Waals surface area contributed by atoms with Crippen LogP contribution in [0.2, 0.25) is 0 Å². The fraction of sp³-hybridized carbons (Fsp3) is 0.385. The molecule has 5 nitrogen and oxygen atoms in total. The Morgan fingerprint density at radius 3 is 2.90 bits per heavy atom. The van der Waals surface area contributed by atoms with E-state index in [4.69, 9.17) is 17.0 Å². The molecule has 1 atom stereocenters. The molecule has 0 unspecified atom stereocenters. The zero-order valence-electron chi connectivity index (χ0n) is 10.8. The Morgan fingerprint density at radius 1 is 1.40 bits per heavy atom. The van der Waals surface area contributed by atoms with Crippen molar-refractivity contribution in [2.75, 3.05) is 13.2 Å². The van der Waals surface area contributed by atoms with Crippen LogP contribution in [-0.2, 0) is 4.74 Å². The number of ether oxygens (including phenoxy) is 1. The van der Waals surface area contributed by atoms with E-state index >= 15 is 0 Å². The van der Waals surface area contributed by atoms with E-state index in [1.165, 1.54) is 18.2 Å². The van der Waals surface area contributed by atoms with Gasteiger partial charge in [-0.25, -0.2) is 4.39 Å². The molecule has 0 aromatic heterocycles. The van der Waals surface area contributed by atoms with Crippen molar-refractivity contribution < 1.29 is 13.9 Å². The first kappa shape index (κ1) is 14.7. The lowest BCUT2D eigenvalue weighted by Gasteiger charge is -2.14. The molecular formula is C13H16FN3O2S. The highest BCUT2D eigenvalue weighted by atomic mass is 32.1. The molecule has 3 N–H and O–H groups in total. The predicted molar refractivity (Wildman–Crippen MR) is 76.6 cm³/mol. The molecule has 0 radical (unpaired) electrons. The van der Waals surface area contributed by atoms with Crippen molar-refractivity contribution in [3.63, 3.8) is 0 Å². The lowest BCUT2D eigenvalue weighted by atomic mass is 10.2. The van der Waals surface area contributed by atoms with Crippen LogP contribution in [0.4, 0.5) is 4.39 Å². The molecule has 1 saturated heterocycles. The monoisotopic (exact) mass is 297 g/mol. The summed E-state index contributed by atoms with van der Waals surface area (Å²) in [4.78, 5) is 11.7. The number of halogens is 1. The zero-order valence-corrected chi connectivity index (χ0v) is 11.6. The molecule has 0 spiro atoms. The first-order valence-electron chi connectivity index (χ1n) is 6.37. The van der Waals surface area contributed by atoms with Crippen LogP contribution in [0, 0.1) is 5.82 Å². The van der Waals surface area contributed by atoms with Gasteiger partial charge in [-0.15, -0.1) is 0 Å². The molecular weight excluding hydrogens is 281 g/mol. The maximum atomic E-state index is 13.4. The van der Waals surface area contributed by atoms with E-state index in [0.29, 0.717) is 6.54 Å². The molecule has 7 heteroatoms. The molecule has 0 bridgehead atoms. The van der Waals surface area contributed by atoms with E-state index < -0.39 is 11.7 Å². The normalized spacial score (nSPS) is 17.6. The van der Waals surface area contributed by atoms with Crippen LogP contribution in [0.15, 0.2) is 24.3 Å². The number of thiocarbonyl (C=S) groups is 1. The summed E-state index contributed by atoms with van der Waals surface area (Å²) in [5.74, 6) is -1.16. The number of carbonyl (C=O) groups is 1. The van der Waals surface area contributed by atoms with Crippen LogP contribution in [0.25, 0.3) is 0 Å². The summed E-state index contributed by atoms with van der Waals surface area (Å²) >= 11 is 5.00. The molecule has 20 heavy (non-hydrogen) atoms. The standard InChI is InChI=1S/C13H16FN3O2S/c14-11-6-2-1-5-10(11)12(18)16-17-13(20)15-8-9-4-3-7-19-9/h1-2,5-6,9H,3-4,7-8H2,(H,16,18)(H2,15,17,20)/t9-/m1/s1. The van der Waals surface area contributed by atoms with Gasteiger partial charge < -0.3 is 10.1 Å². The van der Waals surface area contributed by atoms with Gasteiger partial charge in [0.25, 0.3) is 5.91 Å². The first-order valence-corrected chi connectivity index (χ1v) is 6.78. The van der Waals surface area contributed by atoms with Crippen molar-refractivity contribution in [1.82, 2.24) is 16.2 Å². The molecule has 1 aliphatic heterocycles. The molecule has 2 rings (SSSR count). The van der Waals surface area contributed by atoms with Crippen LogP contribution in [0.5, 0.6) is 0 Å². The summed E-state index contributed by atoms with van der Waals surface area (Å²) in [6.07, 6.45) is 2.20. The Hall–Kier alpha value is -1.73. The highest BCUT2D eigenvalue weighted by molar-refractivity contribution is 7.80. The second kappa shape index (κ2) is 7.16. The topological polar surface area (TPSA) is 62.4 Å². The van der Waals surface area contributed by atoms with Crippen LogP contribution in [0.1, 0.15) is 23.2 Å². The third-order valence-corrected chi connectivity index (χ3v) is 3.17. The van der Waals surface area contributed by atoms with Crippen LogP contribution in [0.3, 0.4) is 0 Å². The first-order chi connectivity index (χ1) is 9.66. The van der Waals surface area contributed by atoms with E-state index in [-0.39, 0.29) is 16.8 Å². The predicted octanol–water partition coefficient (Wildman–Crippen LogP) is 1.11. The van der Waals surface area contributed by atoms with Crippen molar-refractivity contribution >= 4 is 23.2 Å². The number of amides is 1. The van der Waals surface area contributed by atoms with E-state index in [1.807, 2.05) is 0 Å². The van der Waals surface area contributed by atoms with Crippen LogP contribution >= 0.6 is 12.2 Å². The summed E-state index contributed by atoms with van der Waals surface area (Å²) < 4.78 is 18.8. The van der Waals surface area contributed by atoms with E-state index in [9.17, 15) is 9.18 Å². The minimum atomic E-state index is -0.579. The van der Waals surface area contributed by atoms with Crippen molar-refractivity contribution in [2.45, 2.75) is 18.9 Å². The zero-order chi connectivity index (χ0) is 14.4. The van der Waals surface area contributed by atoms with Gasteiger partial charge in [0.15, 0.2) is 5.11 Å². The fourth-order valence-electron chi connectivity index (χ4n) is 1.88. The highest BCUT2D eigenvalue weighted by Crippen LogP contribution is 2.10. The van der Waals surface area contributed by atoms with Gasteiger partial charge in [0, 0.05) is 13.2 Å². The SMILES string of the molecule is O=C(NNC(=S)NC[C@H]1CCCO1)c1ccccc1F. The number of benzene rings is 1. The molecule has 1 aromatic rings. The molecule has 0 aliphatic carbocycles. The van der Waals surface area contributed by atoms with Crippen molar-refractivity contribution in [3.05, 3.63) is 35.6 Å². The molecule has 1 aliphatic rings. The average Bonchev–Trinajstić information content (AvgIpc) is 2.96. The minimum Gasteiger partial charge on any atom is -0.376 e. The van der Waals surface area contributed by atoms with Gasteiger partial charge in [0.2, 0.25) is 0 Å². The van der Waals surface area contributed by atoms with Crippen molar-refractivity contribution in [3.8, 4) is 0 Å². The quantitative estimate of drug-likeness (QED) is 0.576. The van der Waals surface area contributed by atoms with E-state index in [0.717, 1.165) is 19.4 Å². The molecule has 108 valence electrons. The molecule has 1 amide bonds. The number of rotatable bonds is 3. The van der Waals surface area contributed by atoms with Gasteiger partial charge in [-0.3, -0.25) is 15.6 Å². The summed E-state index contributed by atoms with van der Waals surface area (Å²) in [6, 6.07) is 5.73. The molecule has 1 aromatic carbocycles. The van der Waals surface area contributed by atoms with Gasteiger partial charge in [-0.2, -0.15) is 0 Å². The van der Waals surface area contributed by atoms with Gasteiger partial charge in [0.1, 0.15) is 5.82 Å². The summed E-state index contributed by atoms with van der Waals surface area (Å²) in [5, 5.41) is 3.20. The number of carbonyl (C=O) groups excluding carboxylic acids is 1. The summed E-state index contributed by atoms with van der Waals surface area (Å²) in [6.45, 7) is 1.36. The number of hydrogen-bond donors (Lipinski definition) is 3.